The normalized spacial score (nSPS) is 18.0. The van der Waals surface area contributed by atoms with Crippen LogP contribution in [0.15, 0.2) is 20.7 Å². The molecule has 0 aromatic carbocycles. The fourth-order valence-electron chi connectivity index (χ4n) is 4.64. The van der Waals surface area contributed by atoms with E-state index in [0.717, 1.165) is 46.5 Å². The number of nitrogens with one attached hydrogen (secondary N) is 1. The highest BCUT2D eigenvalue weighted by molar-refractivity contribution is 8.70. The molecule has 28 heteroatoms. The van der Waals surface area contributed by atoms with E-state index in [-0.39, 0.29) is 88.1 Å². The molecular weight excluding hydrogens is 1080 g/mol. The van der Waals surface area contributed by atoms with Gasteiger partial charge in [0.2, 0.25) is 5.91 Å². The molecule has 0 unspecified atom stereocenters. The van der Waals surface area contributed by atoms with Gasteiger partial charge in [-0.1, -0.05) is 53.8 Å². The lowest BCUT2D eigenvalue weighted by Crippen LogP contribution is -2.31. The number of amides is 1. The number of aromatic carboxylic acids is 2. The third-order valence-electron chi connectivity index (χ3n) is 8.55. The lowest BCUT2D eigenvalue weighted by molar-refractivity contribution is -0.131. The van der Waals surface area contributed by atoms with Crippen LogP contribution in [0.2, 0.25) is 0 Å². The van der Waals surface area contributed by atoms with E-state index in [0.29, 0.717) is 23.2 Å². The molecule has 2 saturated carbocycles. The third-order valence-corrected chi connectivity index (χ3v) is 25.1. The van der Waals surface area contributed by atoms with Crippen molar-refractivity contribution >= 4 is 190 Å². The molecule has 0 saturated heterocycles. The summed E-state index contributed by atoms with van der Waals surface area (Å²) in [5.74, 6) is -0.301. The highest BCUT2D eigenvalue weighted by Gasteiger charge is 2.45. The number of carboxylic acids is 2. The number of alkyl halides is 1. The second-order valence-corrected chi connectivity index (χ2v) is 31.4. The molecule has 4 aliphatic rings. The molecule has 2 aliphatic heterocycles. The van der Waals surface area contributed by atoms with E-state index < -0.39 is 11.9 Å². The largest absolute Gasteiger partial charge is 0.476 e. The zero-order valence-corrected chi connectivity index (χ0v) is 45.3. The Morgan fingerprint density at radius 1 is 0.778 bits per heavy atom. The molecule has 1 amide bonds. The first-order valence-corrected chi connectivity index (χ1v) is 32.3. The van der Waals surface area contributed by atoms with Gasteiger partial charge in [0.1, 0.15) is 33.7 Å². The van der Waals surface area contributed by atoms with Crippen molar-refractivity contribution in [3.05, 3.63) is 32.2 Å². The lowest BCUT2D eigenvalue weighted by Gasteiger charge is -2.16. The SMILES string of the molecule is C.CC(C)(C)SC(=O)CC(=O)C1(C)CC1.CC1(C(=O)CC(=O)NCC2=N[C@H](c3nc(C(=O)O)cs3)CS2)CC1.N.O=C(O)c1csc([C@@H]2CSC(CCl)=N2)n1.S=S=S=S=S=S=S=S. The fourth-order valence-corrected chi connectivity index (χ4v) is 20.5. The Morgan fingerprint density at radius 2 is 1.21 bits per heavy atom. The van der Waals surface area contributed by atoms with Crippen molar-refractivity contribution in [2.75, 3.05) is 23.9 Å². The predicted molar refractivity (Wildman–Crippen MR) is 284 cm³/mol. The van der Waals surface area contributed by atoms with E-state index in [4.69, 9.17) is 21.8 Å². The molecule has 4 heterocycles. The molecule has 6 N–H and O–H groups in total. The summed E-state index contributed by atoms with van der Waals surface area (Å²) in [6.07, 6.45) is 3.69. The van der Waals surface area contributed by atoms with Crippen LogP contribution in [0, 0.1) is 10.8 Å². The molecule has 0 spiro atoms. The van der Waals surface area contributed by atoms with Crippen LogP contribution in [-0.2, 0) is 94.8 Å². The summed E-state index contributed by atoms with van der Waals surface area (Å²) >= 11 is 21.9. The lowest BCUT2D eigenvalue weighted by atomic mass is 10.0. The van der Waals surface area contributed by atoms with Gasteiger partial charge >= 0.3 is 11.9 Å². The molecule has 352 valence electrons. The molecule has 0 radical (unpaired) electrons. The summed E-state index contributed by atoms with van der Waals surface area (Å²) in [4.78, 5) is 85.2. The Balaban J connectivity index is 0.000000445. The Labute approximate surface area is 420 Å². The van der Waals surface area contributed by atoms with Gasteiger partial charge in [0.15, 0.2) is 16.5 Å². The summed E-state index contributed by atoms with van der Waals surface area (Å²) in [6, 6.07) is -0.200. The third kappa shape index (κ3) is 22.2. The summed E-state index contributed by atoms with van der Waals surface area (Å²) < 4.78 is -0.0815. The minimum atomic E-state index is -1.05. The van der Waals surface area contributed by atoms with E-state index in [2.05, 4.69) is 47.6 Å². The van der Waals surface area contributed by atoms with E-state index in [1.165, 1.54) is 74.7 Å². The number of hydrogen-bond acceptors (Lipinski definition) is 18. The highest BCUT2D eigenvalue weighted by atomic mass is 35.5. The van der Waals surface area contributed by atoms with Crippen molar-refractivity contribution < 1.29 is 39.0 Å². The van der Waals surface area contributed by atoms with Gasteiger partial charge in [0, 0.05) is 114 Å². The Hall–Kier alpha value is -0.920. The summed E-state index contributed by atoms with van der Waals surface area (Å²) in [5, 5.41) is 26.5. The molecule has 2 aromatic heterocycles. The Kier molecular flexibility index (Phi) is 27.7. The van der Waals surface area contributed by atoms with Crippen LogP contribution in [0.5, 0.6) is 0 Å². The number of nitrogens with zero attached hydrogens (tertiary/aromatic N) is 4. The number of carbonyl (C=O) groups is 6. The number of thioether (sulfide) groups is 3. The van der Waals surface area contributed by atoms with Gasteiger partial charge in [-0.25, -0.2) is 19.6 Å². The van der Waals surface area contributed by atoms with Crippen molar-refractivity contribution in [3.8, 4) is 0 Å². The molecule has 2 aliphatic carbocycles. The number of Topliss-reactive ketones (excluding diaryl/α,β-unsaturated/α-hetero) is 2. The first kappa shape index (κ1) is 60.1. The van der Waals surface area contributed by atoms with Crippen molar-refractivity contribution in [2.45, 2.75) is 97.4 Å². The molecule has 0 bridgehead atoms. The number of carbonyl (C=O) groups excluding carboxylic acids is 4. The van der Waals surface area contributed by atoms with E-state index >= 15 is 0 Å². The molecular formula is C35H49ClN6O8S13. The van der Waals surface area contributed by atoms with Gasteiger partial charge < -0.3 is 21.7 Å². The maximum atomic E-state index is 11.9. The number of thiazole rings is 2. The number of hydrogen-bond donors (Lipinski definition) is 4. The molecule has 2 atom stereocenters. The second kappa shape index (κ2) is 29.1. The maximum absolute atomic E-state index is 11.9. The second-order valence-electron chi connectivity index (χ2n) is 14.7. The topological polar surface area (TPSA) is 240 Å². The fraction of sp³-hybridized carbons (Fsp3) is 0.600. The zero-order valence-electron chi connectivity index (χ0n) is 33.9. The van der Waals surface area contributed by atoms with Gasteiger partial charge in [0.05, 0.1) is 35.4 Å². The van der Waals surface area contributed by atoms with Crippen LogP contribution in [0.1, 0.15) is 124 Å². The molecule has 14 nitrogen and oxygen atoms in total. The van der Waals surface area contributed by atoms with E-state index in [1.54, 1.807) is 47.3 Å². The predicted octanol–water partition coefficient (Wildman–Crippen LogP) is 7.75. The van der Waals surface area contributed by atoms with Gasteiger partial charge in [-0.15, -0.1) is 57.8 Å². The standard InChI is InChI=1S/C15H17N3O4S2.C11H18O2S.C8H7ClN2O2S2.CH4.H3N.S8/c1-15(2-3-15)10(19)4-11(20)16-5-12-17-8(6-23-12)13-18-9(7-24-13)14(21)22;1-10(2,3)14-9(13)7-8(12)11(4)5-6-11;9-1-6-10-4(2-14-6)7-11-5(3-15-7)8(12)13;;;1-3-5-7-8-6-4-2/h7-8H,2-6H2,1H3,(H,16,20)(H,21,22);5-7H2,1-4H3;3-4H,1-2H2,(H,12,13);1H4;1H3;/t8-;;4-;;;/m0.0.../s1. The van der Waals surface area contributed by atoms with Crippen LogP contribution in [-0.4, -0.2) is 93.5 Å². The van der Waals surface area contributed by atoms with E-state index in [9.17, 15) is 28.8 Å². The molecule has 2 fully saturated rings. The van der Waals surface area contributed by atoms with Crippen molar-refractivity contribution in [1.82, 2.24) is 21.4 Å². The molecule has 63 heavy (non-hydrogen) atoms. The first-order chi connectivity index (χ1) is 28.7. The number of aliphatic imine (C=N–C) groups is 2. The maximum Gasteiger partial charge on any atom is 0.355 e. The average molecular weight is 1130 g/mol. The average Bonchev–Trinajstić information content (AvgIpc) is 3.72. The van der Waals surface area contributed by atoms with Gasteiger partial charge in [-0.05, 0) is 25.7 Å². The van der Waals surface area contributed by atoms with Crippen LogP contribution >= 0.6 is 69.6 Å². The van der Waals surface area contributed by atoms with Crippen LogP contribution in [0.4, 0.5) is 0 Å². The van der Waals surface area contributed by atoms with E-state index in [1.807, 2.05) is 34.6 Å². The van der Waals surface area contributed by atoms with Crippen LogP contribution in [0.3, 0.4) is 0 Å². The molecule has 2 aromatic rings. The quantitative estimate of drug-likeness (QED) is 0.111. The smallest absolute Gasteiger partial charge is 0.355 e. The number of aromatic nitrogens is 2. The zero-order chi connectivity index (χ0) is 45.4. The monoisotopic (exact) mass is 1130 g/mol. The number of rotatable bonds is 13. The van der Waals surface area contributed by atoms with Crippen molar-refractivity contribution in [3.63, 3.8) is 0 Å². The van der Waals surface area contributed by atoms with Crippen LogP contribution < -0.4 is 11.5 Å². The van der Waals surface area contributed by atoms with Gasteiger partial charge in [-0.2, -0.15) is 0 Å². The first-order valence-electron chi connectivity index (χ1n) is 17.8. The highest BCUT2D eigenvalue weighted by Crippen LogP contribution is 2.47. The summed E-state index contributed by atoms with van der Waals surface area (Å²) in [6.45, 7) is 10.1. The minimum absolute atomic E-state index is 0. The van der Waals surface area contributed by atoms with Crippen molar-refractivity contribution in [2.24, 2.45) is 20.8 Å². The van der Waals surface area contributed by atoms with Crippen LogP contribution in [0.25, 0.3) is 0 Å². The Morgan fingerprint density at radius 3 is 1.57 bits per heavy atom. The minimum Gasteiger partial charge on any atom is -0.476 e. The van der Waals surface area contributed by atoms with Gasteiger partial charge in [-0.3, -0.25) is 29.2 Å². The number of carboxylic acid groups (broad SMARTS) is 2. The van der Waals surface area contributed by atoms with Gasteiger partial charge in [0.25, 0.3) is 0 Å². The summed E-state index contributed by atoms with van der Waals surface area (Å²) in [7, 11) is 9.12. The number of halogens is 1. The summed E-state index contributed by atoms with van der Waals surface area (Å²) in [5.41, 5.74) is -0.318. The van der Waals surface area contributed by atoms with Crippen molar-refractivity contribution in [1.29, 1.82) is 0 Å². The Bertz CT molecular complexity index is 2280. The molecule has 6 rings (SSSR count). The number of ketones is 2.